The van der Waals surface area contributed by atoms with E-state index in [2.05, 4.69) is 16.6 Å². The molecular weight excluding hydrogens is 278 g/mol. The zero-order valence-electron chi connectivity index (χ0n) is 11.5. The monoisotopic (exact) mass is 297 g/mol. The third-order valence-electron chi connectivity index (χ3n) is 2.55. The van der Waals surface area contributed by atoms with Crippen LogP contribution in [0.25, 0.3) is 0 Å². The van der Waals surface area contributed by atoms with Gasteiger partial charge in [-0.2, -0.15) is 0 Å². The number of hydrogen-bond acceptors (Lipinski definition) is 4. The molecule has 1 rings (SSSR count). The number of nitrogens with one attached hydrogen (secondary N) is 2. The van der Waals surface area contributed by atoms with E-state index >= 15 is 0 Å². The molecule has 1 atom stereocenters. The predicted octanol–water partition coefficient (Wildman–Crippen LogP) is 1.21. The van der Waals surface area contributed by atoms with Gasteiger partial charge in [-0.15, -0.1) is 6.58 Å². The zero-order valence-corrected chi connectivity index (χ0v) is 12.3. The highest BCUT2D eigenvalue weighted by Gasteiger charge is 2.12. The van der Waals surface area contributed by atoms with E-state index in [4.69, 9.17) is 5.73 Å². The third-order valence-corrected chi connectivity index (χ3v) is 3.14. The van der Waals surface area contributed by atoms with Gasteiger partial charge < -0.3 is 11.1 Å². The van der Waals surface area contributed by atoms with Crippen LogP contribution in [0.4, 0.5) is 11.4 Å². The molecule has 1 unspecified atom stereocenters. The topological polar surface area (TPSA) is 101 Å². The molecule has 0 heterocycles. The molecule has 110 valence electrons. The van der Waals surface area contributed by atoms with Gasteiger partial charge in [-0.1, -0.05) is 6.08 Å². The van der Waals surface area contributed by atoms with Crippen LogP contribution in [-0.2, 0) is 14.8 Å². The van der Waals surface area contributed by atoms with Crippen LogP contribution < -0.4 is 15.8 Å². The van der Waals surface area contributed by atoms with Crippen molar-refractivity contribution in [2.75, 3.05) is 16.3 Å². The third kappa shape index (κ3) is 5.02. The van der Waals surface area contributed by atoms with Crippen molar-refractivity contribution in [1.29, 1.82) is 0 Å². The molecule has 20 heavy (non-hydrogen) atoms. The normalized spacial score (nSPS) is 12.6. The molecule has 0 spiro atoms. The molecule has 1 amide bonds. The molecule has 0 aliphatic carbocycles. The summed E-state index contributed by atoms with van der Waals surface area (Å²) in [5.41, 5.74) is 7.39. The molecule has 7 heteroatoms. The second kappa shape index (κ2) is 6.53. The van der Waals surface area contributed by atoms with Crippen LogP contribution in [0.3, 0.4) is 0 Å². The quantitative estimate of drug-likeness (QED) is 0.687. The molecule has 0 radical (unpaired) electrons. The second-order valence-electron chi connectivity index (χ2n) is 4.52. The highest BCUT2D eigenvalue weighted by molar-refractivity contribution is 7.92. The SMILES string of the molecule is C=CCC(N)C(=O)Nc1ccc(NS(C)(=O)=O)c(C)c1. The summed E-state index contributed by atoms with van der Waals surface area (Å²) in [7, 11) is -3.32. The Morgan fingerprint density at radius 2 is 2.15 bits per heavy atom. The van der Waals surface area contributed by atoms with Crippen molar-refractivity contribution in [3.8, 4) is 0 Å². The Morgan fingerprint density at radius 1 is 1.50 bits per heavy atom. The largest absolute Gasteiger partial charge is 0.325 e. The van der Waals surface area contributed by atoms with Gasteiger partial charge in [0.25, 0.3) is 0 Å². The number of carbonyl (C=O) groups excluding carboxylic acids is 1. The van der Waals surface area contributed by atoms with Crippen molar-refractivity contribution in [3.05, 3.63) is 36.4 Å². The van der Waals surface area contributed by atoms with Gasteiger partial charge in [0, 0.05) is 5.69 Å². The summed E-state index contributed by atoms with van der Waals surface area (Å²) in [6.45, 7) is 5.27. The minimum Gasteiger partial charge on any atom is -0.325 e. The first-order chi connectivity index (χ1) is 9.23. The zero-order chi connectivity index (χ0) is 15.3. The van der Waals surface area contributed by atoms with Crippen LogP contribution in [0.2, 0.25) is 0 Å². The van der Waals surface area contributed by atoms with E-state index < -0.39 is 16.1 Å². The van der Waals surface area contributed by atoms with Crippen LogP contribution in [-0.4, -0.2) is 26.6 Å². The Hall–Kier alpha value is -1.86. The van der Waals surface area contributed by atoms with Crippen molar-refractivity contribution in [2.24, 2.45) is 5.73 Å². The number of carbonyl (C=O) groups is 1. The minimum absolute atomic E-state index is 0.312. The molecule has 0 fully saturated rings. The maximum Gasteiger partial charge on any atom is 0.241 e. The van der Waals surface area contributed by atoms with Crippen molar-refractivity contribution in [1.82, 2.24) is 0 Å². The van der Waals surface area contributed by atoms with E-state index in [9.17, 15) is 13.2 Å². The second-order valence-corrected chi connectivity index (χ2v) is 6.27. The van der Waals surface area contributed by atoms with Gasteiger partial charge in [0.1, 0.15) is 0 Å². The number of aryl methyl sites for hydroxylation is 1. The fourth-order valence-corrected chi connectivity index (χ4v) is 2.21. The number of rotatable bonds is 6. The Morgan fingerprint density at radius 3 is 2.65 bits per heavy atom. The molecule has 0 bridgehead atoms. The molecular formula is C13H19N3O3S. The number of amides is 1. The van der Waals surface area contributed by atoms with E-state index in [-0.39, 0.29) is 5.91 Å². The molecule has 0 aromatic heterocycles. The Labute approximate surface area is 119 Å². The first-order valence-corrected chi connectivity index (χ1v) is 7.88. The Bertz CT molecular complexity index is 611. The highest BCUT2D eigenvalue weighted by atomic mass is 32.2. The van der Waals surface area contributed by atoms with Crippen molar-refractivity contribution in [2.45, 2.75) is 19.4 Å². The minimum atomic E-state index is -3.32. The van der Waals surface area contributed by atoms with E-state index in [0.717, 1.165) is 6.26 Å². The molecule has 1 aromatic carbocycles. The summed E-state index contributed by atoms with van der Waals surface area (Å²) in [4.78, 5) is 11.7. The fourth-order valence-electron chi connectivity index (χ4n) is 1.58. The number of nitrogens with two attached hydrogens (primary N) is 1. The lowest BCUT2D eigenvalue weighted by atomic mass is 10.1. The molecule has 4 N–H and O–H groups in total. The first kappa shape index (κ1) is 16.2. The molecule has 0 aliphatic rings. The van der Waals surface area contributed by atoms with Crippen molar-refractivity contribution >= 4 is 27.3 Å². The molecule has 1 aromatic rings. The summed E-state index contributed by atoms with van der Waals surface area (Å²) in [6.07, 6.45) is 3.05. The standard InChI is InChI=1S/C13H19N3O3S/c1-4-5-11(14)13(17)15-10-6-7-12(9(2)8-10)16-20(3,18)19/h4,6-8,11,16H,1,5,14H2,2-3H3,(H,15,17). The van der Waals surface area contributed by atoms with Gasteiger partial charge in [-0.25, -0.2) is 8.42 Å². The summed E-state index contributed by atoms with van der Waals surface area (Å²) in [6, 6.07) is 4.22. The summed E-state index contributed by atoms with van der Waals surface area (Å²) in [5, 5.41) is 2.67. The van der Waals surface area contributed by atoms with Gasteiger partial charge in [0.05, 0.1) is 18.0 Å². The lowest BCUT2D eigenvalue weighted by molar-refractivity contribution is -0.117. The average Bonchev–Trinajstić information content (AvgIpc) is 2.31. The Balaban J connectivity index is 2.82. The highest BCUT2D eigenvalue weighted by Crippen LogP contribution is 2.20. The first-order valence-electron chi connectivity index (χ1n) is 5.98. The number of anilines is 2. The molecule has 0 aliphatic heterocycles. The van der Waals surface area contributed by atoms with Crippen LogP contribution in [0.5, 0.6) is 0 Å². The van der Waals surface area contributed by atoms with Crippen LogP contribution in [0.1, 0.15) is 12.0 Å². The molecule has 6 nitrogen and oxygen atoms in total. The van der Waals surface area contributed by atoms with E-state index in [1.165, 1.54) is 0 Å². The molecule has 0 saturated carbocycles. The van der Waals surface area contributed by atoms with Gasteiger partial charge in [-0.05, 0) is 37.1 Å². The van der Waals surface area contributed by atoms with Crippen molar-refractivity contribution in [3.63, 3.8) is 0 Å². The lowest BCUT2D eigenvalue weighted by Crippen LogP contribution is -2.35. The maximum atomic E-state index is 11.7. The van der Waals surface area contributed by atoms with E-state index in [0.29, 0.717) is 23.4 Å². The van der Waals surface area contributed by atoms with Gasteiger partial charge in [0.2, 0.25) is 15.9 Å². The van der Waals surface area contributed by atoms with Gasteiger partial charge in [-0.3, -0.25) is 9.52 Å². The summed E-state index contributed by atoms with van der Waals surface area (Å²) < 4.78 is 24.7. The number of benzene rings is 1. The number of sulfonamides is 1. The van der Waals surface area contributed by atoms with Crippen LogP contribution in [0.15, 0.2) is 30.9 Å². The van der Waals surface area contributed by atoms with Crippen LogP contribution in [0, 0.1) is 6.92 Å². The lowest BCUT2D eigenvalue weighted by Gasteiger charge is -2.13. The van der Waals surface area contributed by atoms with Gasteiger partial charge in [0.15, 0.2) is 0 Å². The van der Waals surface area contributed by atoms with E-state index in [1.807, 2.05) is 0 Å². The molecule has 0 saturated heterocycles. The van der Waals surface area contributed by atoms with Crippen LogP contribution >= 0.6 is 0 Å². The summed E-state index contributed by atoms with van der Waals surface area (Å²) in [5.74, 6) is -0.312. The Kier molecular flexibility index (Phi) is 5.29. The fraction of sp³-hybridized carbons (Fsp3) is 0.308. The summed E-state index contributed by atoms with van der Waals surface area (Å²) >= 11 is 0. The average molecular weight is 297 g/mol. The predicted molar refractivity (Wildman–Crippen MR) is 81.1 cm³/mol. The van der Waals surface area contributed by atoms with E-state index in [1.54, 1.807) is 31.2 Å². The number of hydrogen-bond donors (Lipinski definition) is 3. The van der Waals surface area contributed by atoms with Crippen molar-refractivity contribution < 1.29 is 13.2 Å². The smallest absolute Gasteiger partial charge is 0.241 e. The van der Waals surface area contributed by atoms with Gasteiger partial charge >= 0.3 is 0 Å². The maximum absolute atomic E-state index is 11.7.